The Hall–Kier alpha value is -9.57. The lowest BCUT2D eigenvalue weighted by Gasteiger charge is -2.38. The molecule has 6 nitrogen and oxygen atoms in total. The molecule has 108 heavy (non-hydrogen) atoms. The normalized spacial score (nSPS) is 12.6. The Bertz CT molecular complexity index is 4440. The van der Waals surface area contributed by atoms with E-state index in [-0.39, 0.29) is 32.5 Å². The summed E-state index contributed by atoms with van der Waals surface area (Å²) >= 11 is 0. The molecule has 6 heteroatoms. The first-order valence-electron chi connectivity index (χ1n) is 39.9. The lowest BCUT2D eigenvalue weighted by Crippen LogP contribution is -2.33. The van der Waals surface area contributed by atoms with Gasteiger partial charge < -0.3 is 9.47 Å². The van der Waals surface area contributed by atoms with Gasteiger partial charge in [-0.1, -0.05) is 337 Å². The number of aryl methyl sites for hydroxylation is 3. The van der Waals surface area contributed by atoms with Gasteiger partial charge in [0.05, 0.1) is 29.7 Å². The van der Waals surface area contributed by atoms with Gasteiger partial charge in [0.1, 0.15) is 11.5 Å². The summed E-state index contributed by atoms with van der Waals surface area (Å²) in [6.45, 7) is 43.9. The van der Waals surface area contributed by atoms with Crippen LogP contribution in [-0.4, -0.2) is 28.2 Å². The summed E-state index contributed by atoms with van der Waals surface area (Å²) < 4.78 is 17.1. The molecule has 11 rings (SSSR count). The van der Waals surface area contributed by atoms with Gasteiger partial charge in [-0.3, -0.25) is 4.68 Å². The van der Waals surface area contributed by atoms with Gasteiger partial charge in [0.25, 0.3) is 0 Å². The van der Waals surface area contributed by atoms with Gasteiger partial charge >= 0.3 is 0 Å². The first-order valence-corrected chi connectivity index (χ1v) is 39.9. The minimum absolute atomic E-state index is 0.0374. The van der Waals surface area contributed by atoms with Crippen molar-refractivity contribution in [1.29, 1.82) is 0 Å². The van der Waals surface area contributed by atoms with Crippen LogP contribution in [0.5, 0.6) is 11.5 Å². The van der Waals surface area contributed by atoms with E-state index in [1.807, 2.05) is 4.68 Å². The Morgan fingerprint density at radius 3 is 0.972 bits per heavy atom. The molecule has 11 aromatic rings. The fraction of sp³-hybridized carbons (Fsp3) is 0.382. The molecule has 560 valence electrons. The van der Waals surface area contributed by atoms with Gasteiger partial charge in [0, 0.05) is 48.8 Å². The van der Waals surface area contributed by atoms with Crippen molar-refractivity contribution in [3.63, 3.8) is 0 Å². The Labute approximate surface area is 649 Å². The number of nitrogens with zero attached hydrogens (tertiary/aromatic N) is 4. The third kappa shape index (κ3) is 19.5. The lowest BCUT2D eigenvalue weighted by molar-refractivity contribution is -0.688. The molecule has 0 saturated carbocycles. The predicted octanol–water partition coefficient (Wildman–Crippen LogP) is 24.2. The summed E-state index contributed by atoms with van der Waals surface area (Å²) in [6.07, 6.45) is 15.5. The number of ether oxygens (including phenoxy) is 2. The maximum absolute atomic E-state index is 6.49. The molecule has 9 aromatic carbocycles. The maximum Gasteiger partial charge on any atom is 0.173 e. The number of hydrogen-bond acceptors (Lipinski definition) is 4. The summed E-state index contributed by atoms with van der Waals surface area (Å²) in [7, 11) is 0. The molecule has 0 aliphatic rings. The van der Waals surface area contributed by atoms with Crippen LogP contribution in [0.15, 0.2) is 249 Å². The largest absolute Gasteiger partial charge is 0.494 e. The highest BCUT2D eigenvalue weighted by molar-refractivity contribution is 5.63. The van der Waals surface area contributed by atoms with E-state index >= 15 is 0 Å². The highest BCUT2D eigenvalue weighted by Gasteiger charge is 2.41. The second-order valence-electron chi connectivity index (χ2n) is 36.4. The van der Waals surface area contributed by atoms with Crippen LogP contribution in [0.2, 0.25) is 0 Å². The van der Waals surface area contributed by atoms with Crippen molar-refractivity contribution < 1.29 is 14.0 Å². The molecule has 0 N–H and O–H groups in total. The Balaban J connectivity index is 0.613. The summed E-state index contributed by atoms with van der Waals surface area (Å²) in [6, 6.07) is 87.1. The van der Waals surface area contributed by atoms with Gasteiger partial charge in [-0.25, -0.2) is 4.57 Å². The highest BCUT2D eigenvalue weighted by Crippen LogP contribution is 2.49. The van der Waals surface area contributed by atoms with E-state index in [2.05, 4.69) is 400 Å². The smallest absolute Gasteiger partial charge is 0.173 e. The molecule has 0 radical (unpaired) electrons. The SMILES string of the molecule is CC(C)(C)c1ccc(C(c2ccc(OCCCc3cc[n+](Cc4ccc(C#CCCCCCCc5cn(CCCOc6ccc(C(c7ccc(C(C)(C)C)cc7)(c7ccc(C(C)(C)C)cc7)c7ccc(C(C)(C)C)cc7)cc6)nn5)cc4)cc3)cc2)(c2ccc(C(C)(C)C)cc2)c2ccc(C(C)(C)C)cc2)cc1. The quantitative estimate of drug-likeness (QED) is 0.0235. The molecule has 0 aliphatic carbocycles. The van der Waals surface area contributed by atoms with Gasteiger partial charge in [0.15, 0.2) is 18.9 Å². The molecule has 0 atom stereocenters. The van der Waals surface area contributed by atoms with E-state index in [9.17, 15) is 0 Å². The monoisotopic (exact) mass is 1430 g/mol. The number of aromatic nitrogens is 4. The first-order chi connectivity index (χ1) is 51.3. The summed E-state index contributed by atoms with van der Waals surface area (Å²) in [5, 5.41) is 9.01. The third-order valence-corrected chi connectivity index (χ3v) is 21.9. The zero-order chi connectivity index (χ0) is 77.1. The molecule has 0 spiro atoms. The first kappa shape index (κ1) is 79.5. The van der Waals surface area contributed by atoms with E-state index in [0.717, 1.165) is 93.6 Å². The zero-order valence-corrected chi connectivity index (χ0v) is 68.5. The van der Waals surface area contributed by atoms with E-state index in [1.165, 1.54) is 89.0 Å². The van der Waals surface area contributed by atoms with E-state index in [4.69, 9.17) is 9.47 Å². The standard InChI is InChI=1S/C102H121N4O2/c1-95(2,3)78-34-46-84(47-35-78)101(85-48-36-79(37-49-85)96(4,5)6,86-50-38-80(39-51-86)97(7,8)9)90-58-62-93(63-59-90)107-71-25-28-76-66-69-105(70-67-76)73-77-32-30-75(31-33-77)27-23-21-19-20-22-24-29-92-74-106(104-103-92)68-26-72-108-94-64-60-91(61-65-94)102(87-52-40-81(41-53-87)98(10,11)12,88-54-42-82(43-55-88)99(13,14)15)89-56-44-83(45-57-89)100(16,17)18/h30-67,69-70,74H,19-22,24-26,28-29,68,71-73H2,1-18H3/q+1. The topological polar surface area (TPSA) is 53.0 Å². The third-order valence-electron chi connectivity index (χ3n) is 21.9. The molecule has 0 unspecified atom stereocenters. The molecule has 0 bridgehead atoms. The van der Waals surface area contributed by atoms with Crippen LogP contribution < -0.4 is 14.0 Å². The molecule has 0 aliphatic heterocycles. The molecule has 0 fully saturated rings. The fourth-order valence-electron chi connectivity index (χ4n) is 15.1. The average Bonchev–Trinajstić information content (AvgIpc) is 0.778. The van der Waals surface area contributed by atoms with Crippen molar-refractivity contribution >= 4 is 0 Å². The van der Waals surface area contributed by atoms with Gasteiger partial charge in [-0.15, -0.1) is 5.10 Å². The van der Waals surface area contributed by atoms with Gasteiger partial charge in [-0.05, 0) is 184 Å². The van der Waals surface area contributed by atoms with Crippen molar-refractivity contribution in [1.82, 2.24) is 15.0 Å². The Morgan fingerprint density at radius 2 is 0.630 bits per heavy atom. The van der Waals surface area contributed by atoms with Crippen LogP contribution in [0.1, 0.15) is 270 Å². The van der Waals surface area contributed by atoms with Crippen LogP contribution in [0.4, 0.5) is 0 Å². The zero-order valence-electron chi connectivity index (χ0n) is 68.5. The van der Waals surface area contributed by atoms with Gasteiger partial charge in [0.2, 0.25) is 0 Å². The Morgan fingerprint density at radius 1 is 0.315 bits per heavy atom. The maximum atomic E-state index is 6.49. The molecule has 2 heterocycles. The van der Waals surface area contributed by atoms with Crippen LogP contribution in [-0.2, 0) is 69.3 Å². The molecule has 0 saturated heterocycles. The number of benzene rings is 9. The van der Waals surface area contributed by atoms with Crippen molar-refractivity contribution in [2.45, 2.75) is 239 Å². The number of pyridine rings is 1. The van der Waals surface area contributed by atoms with Crippen LogP contribution in [0, 0.1) is 11.8 Å². The van der Waals surface area contributed by atoms with E-state index < -0.39 is 10.8 Å². The molecule has 0 amide bonds. The predicted molar refractivity (Wildman–Crippen MR) is 452 cm³/mol. The van der Waals surface area contributed by atoms with Crippen LogP contribution in [0.3, 0.4) is 0 Å². The van der Waals surface area contributed by atoms with Crippen molar-refractivity contribution in [3.8, 4) is 23.3 Å². The average molecular weight is 1440 g/mol. The molecular weight excluding hydrogens is 1310 g/mol. The number of unbranched alkanes of at least 4 members (excludes halogenated alkanes) is 4. The fourth-order valence-corrected chi connectivity index (χ4v) is 15.1. The van der Waals surface area contributed by atoms with Crippen molar-refractivity contribution in [3.05, 3.63) is 349 Å². The molecule has 2 aromatic heterocycles. The van der Waals surface area contributed by atoms with Crippen LogP contribution in [0.25, 0.3) is 0 Å². The lowest BCUT2D eigenvalue weighted by atomic mass is 9.64. The summed E-state index contributed by atoms with van der Waals surface area (Å²) in [5.41, 5.74) is 21.5. The van der Waals surface area contributed by atoms with E-state index in [0.29, 0.717) is 13.2 Å². The second kappa shape index (κ2) is 33.5. The highest BCUT2D eigenvalue weighted by atomic mass is 16.5. The van der Waals surface area contributed by atoms with E-state index in [1.54, 1.807) is 0 Å². The van der Waals surface area contributed by atoms with Crippen molar-refractivity contribution in [2.75, 3.05) is 13.2 Å². The number of hydrogen-bond donors (Lipinski definition) is 0. The van der Waals surface area contributed by atoms with Crippen LogP contribution >= 0.6 is 0 Å². The molecular formula is C102H121N4O2+. The Kier molecular flexibility index (Phi) is 24.7. The minimum Gasteiger partial charge on any atom is -0.494 e. The second-order valence-corrected chi connectivity index (χ2v) is 36.4. The van der Waals surface area contributed by atoms with Gasteiger partial charge in [-0.2, -0.15) is 0 Å². The van der Waals surface area contributed by atoms with Crippen molar-refractivity contribution in [2.24, 2.45) is 0 Å². The minimum atomic E-state index is -0.574. The summed E-state index contributed by atoms with van der Waals surface area (Å²) in [5.74, 6) is 8.59. The summed E-state index contributed by atoms with van der Waals surface area (Å²) in [4.78, 5) is 0. The number of rotatable bonds is 26.